The van der Waals surface area contributed by atoms with Crippen molar-refractivity contribution in [2.45, 2.75) is 45.3 Å². The summed E-state index contributed by atoms with van der Waals surface area (Å²) in [6.45, 7) is 3.29. The minimum Gasteiger partial charge on any atom is -0.393 e. The van der Waals surface area contributed by atoms with Crippen molar-refractivity contribution in [3.63, 3.8) is 0 Å². The molecule has 2 atom stereocenters. The average molecular weight is 253 g/mol. The molecule has 3 N–H and O–H groups in total. The van der Waals surface area contributed by atoms with Crippen LogP contribution in [0, 0.1) is 0 Å². The SMILES string of the molecule is CCCCS(=O)(=O)OC(=O)[C@@H](N)CC(C)O. The fourth-order valence-corrected chi connectivity index (χ4v) is 2.11. The van der Waals surface area contributed by atoms with E-state index in [1.165, 1.54) is 6.92 Å². The van der Waals surface area contributed by atoms with Gasteiger partial charge in [-0.1, -0.05) is 13.3 Å². The van der Waals surface area contributed by atoms with Crippen LogP contribution in [0.1, 0.15) is 33.1 Å². The summed E-state index contributed by atoms with van der Waals surface area (Å²) in [5.41, 5.74) is 5.36. The number of hydrogen-bond donors (Lipinski definition) is 2. The first-order chi connectivity index (χ1) is 7.28. The lowest BCUT2D eigenvalue weighted by molar-refractivity contribution is -0.136. The fraction of sp³-hybridized carbons (Fsp3) is 0.889. The maximum Gasteiger partial charge on any atom is 0.338 e. The molecule has 0 heterocycles. The number of aliphatic hydroxyl groups excluding tert-OH is 1. The maximum atomic E-state index is 11.2. The van der Waals surface area contributed by atoms with Gasteiger partial charge >= 0.3 is 16.1 Å². The summed E-state index contributed by atoms with van der Waals surface area (Å²) in [5, 5.41) is 8.97. The molecule has 96 valence electrons. The fourth-order valence-electron chi connectivity index (χ4n) is 1.01. The topological polar surface area (TPSA) is 107 Å². The molecule has 0 aliphatic carbocycles. The third-order valence-electron chi connectivity index (χ3n) is 1.85. The van der Waals surface area contributed by atoms with Crippen LogP contribution in [0.2, 0.25) is 0 Å². The van der Waals surface area contributed by atoms with Gasteiger partial charge in [-0.05, 0) is 19.8 Å². The van der Waals surface area contributed by atoms with Gasteiger partial charge in [0.25, 0.3) is 0 Å². The molecule has 0 saturated heterocycles. The zero-order chi connectivity index (χ0) is 12.8. The Morgan fingerprint density at radius 1 is 1.50 bits per heavy atom. The van der Waals surface area contributed by atoms with Gasteiger partial charge in [0.1, 0.15) is 6.04 Å². The average Bonchev–Trinajstić information content (AvgIpc) is 2.13. The van der Waals surface area contributed by atoms with Crippen LogP contribution in [0.3, 0.4) is 0 Å². The predicted molar refractivity (Wildman–Crippen MR) is 59.1 cm³/mol. The van der Waals surface area contributed by atoms with Gasteiger partial charge in [0.15, 0.2) is 0 Å². The monoisotopic (exact) mass is 253 g/mol. The first-order valence-electron chi connectivity index (χ1n) is 5.18. The van der Waals surface area contributed by atoms with E-state index in [-0.39, 0.29) is 12.2 Å². The van der Waals surface area contributed by atoms with Gasteiger partial charge < -0.3 is 15.0 Å². The Morgan fingerprint density at radius 3 is 2.50 bits per heavy atom. The van der Waals surface area contributed by atoms with Gasteiger partial charge in [-0.2, -0.15) is 8.42 Å². The third-order valence-corrected chi connectivity index (χ3v) is 3.06. The molecule has 0 fully saturated rings. The molecule has 0 rings (SSSR count). The summed E-state index contributed by atoms with van der Waals surface area (Å²) in [5.74, 6) is -1.21. The normalized spacial score (nSPS) is 15.5. The molecule has 0 aromatic heterocycles. The molecule has 0 radical (unpaired) electrons. The summed E-state index contributed by atoms with van der Waals surface area (Å²) < 4.78 is 26.8. The Balaban J connectivity index is 4.22. The number of nitrogens with two attached hydrogens (primary N) is 1. The Hall–Kier alpha value is -0.660. The molecule has 0 bridgehead atoms. The predicted octanol–water partition coefficient (Wildman–Crippen LogP) is -0.242. The van der Waals surface area contributed by atoms with Crippen LogP contribution in [-0.2, 0) is 19.1 Å². The van der Waals surface area contributed by atoms with Gasteiger partial charge in [-0.3, -0.25) is 0 Å². The molecule has 16 heavy (non-hydrogen) atoms. The van der Waals surface area contributed by atoms with Crippen molar-refractivity contribution in [1.29, 1.82) is 0 Å². The quantitative estimate of drug-likeness (QED) is 0.606. The Bertz CT molecular complexity index is 312. The first kappa shape index (κ1) is 15.3. The molecule has 0 aromatic rings. The first-order valence-corrected chi connectivity index (χ1v) is 6.76. The largest absolute Gasteiger partial charge is 0.393 e. The van der Waals surface area contributed by atoms with E-state index in [9.17, 15) is 13.2 Å². The van der Waals surface area contributed by atoms with Crippen molar-refractivity contribution in [2.75, 3.05) is 5.75 Å². The summed E-state index contributed by atoms with van der Waals surface area (Å²) >= 11 is 0. The summed E-state index contributed by atoms with van der Waals surface area (Å²) in [6, 6.07) is -1.11. The summed E-state index contributed by atoms with van der Waals surface area (Å²) in [7, 11) is -3.83. The number of hydrogen-bond acceptors (Lipinski definition) is 6. The lowest BCUT2D eigenvalue weighted by atomic mass is 10.1. The van der Waals surface area contributed by atoms with Crippen LogP contribution in [0.4, 0.5) is 0 Å². The van der Waals surface area contributed by atoms with E-state index in [0.717, 1.165) is 0 Å². The molecule has 0 amide bonds. The number of carbonyl (C=O) groups is 1. The lowest BCUT2D eigenvalue weighted by Gasteiger charge is -2.12. The van der Waals surface area contributed by atoms with Gasteiger partial charge in [-0.15, -0.1) is 0 Å². The molecular weight excluding hydrogens is 234 g/mol. The Kier molecular flexibility index (Phi) is 6.54. The minimum absolute atomic E-state index is 0.0257. The van der Waals surface area contributed by atoms with E-state index in [4.69, 9.17) is 10.8 Å². The highest BCUT2D eigenvalue weighted by molar-refractivity contribution is 7.87. The molecule has 0 aliphatic rings. The van der Waals surface area contributed by atoms with Crippen LogP contribution in [0.5, 0.6) is 0 Å². The van der Waals surface area contributed by atoms with Gasteiger partial charge in [0.2, 0.25) is 0 Å². The van der Waals surface area contributed by atoms with Crippen molar-refractivity contribution in [2.24, 2.45) is 5.73 Å². The lowest BCUT2D eigenvalue weighted by Crippen LogP contribution is -2.36. The van der Waals surface area contributed by atoms with E-state index < -0.39 is 28.2 Å². The molecule has 0 aromatic carbocycles. The molecule has 0 spiro atoms. The molecule has 7 heteroatoms. The highest BCUT2D eigenvalue weighted by Crippen LogP contribution is 2.04. The van der Waals surface area contributed by atoms with Crippen LogP contribution >= 0.6 is 0 Å². The van der Waals surface area contributed by atoms with Crippen molar-refractivity contribution in [3.8, 4) is 0 Å². The minimum atomic E-state index is -3.83. The van der Waals surface area contributed by atoms with Gasteiger partial charge in [-0.25, -0.2) is 4.79 Å². The zero-order valence-electron chi connectivity index (χ0n) is 9.55. The second kappa shape index (κ2) is 6.82. The summed E-state index contributed by atoms with van der Waals surface area (Å²) in [4.78, 5) is 11.2. The van der Waals surface area contributed by atoms with E-state index in [1.54, 1.807) is 0 Å². The van der Waals surface area contributed by atoms with E-state index in [0.29, 0.717) is 12.8 Å². The van der Waals surface area contributed by atoms with Crippen LogP contribution < -0.4 is 5.73 Å². The van der Waals surface area contributed by atoms with Crippen molar-refractivity contribution in [1.82, 2.24) is 0 Å². The van der Waals surface area contributed by atoms with E-state index in [2.05, 4.69) is 4.18 Å². The number of carbonyl (C=O) groups excluding carboxylic acids is 1. The van der Waals surface area contributed by atoms with E-state index in [1.807, 2.05) is 6.92 Å². The second-order valence-electron chi connectivity index (χ2n) is 3.71. The smallest absolute Gasteiger partial charge is 0.338 e. The molecule has 1 unspecified atom stereocenters. The van der Waals surface area contributed by atoms with E-state index >= 15 is 0 Å². The highest BCUT2D eigenvalue weighted by Gasteiger charge is 2.23. The van der Waals surface area contributed by atoms with Crippen LogP contribution in [0.15, 0.2) is 0 Å². The standard InChI is InChI=1S/C9H19NO5S/c1-3-4-5-16(13,14)15-9(12)8(10)6-7(2)11/h7-8,11H,3-6,10H2,1-2H3/t7?,8-/m0/s1. The van der Waals surface area contributed by atoms with Crippen molar-refractivity contribution >= 4 is 16.1 Å². The Morgan fingerprint density at radius 2 is 2.06 bits per heavy atom. The van der Waals surface area contributed by atoms with Gasteiger partial charge in [0.05, 0.1) is 11.9 Å². The molecule has 6 nitrogen and oxygen atoms in total. The molecule has 0 aliphatic heterocycles. The number of aliphatic hydroxyl groups is 1. The number of unbranched alkanes of at least 4 members (excludes halogenated alkanes) is 1. The third kappa shape index (κ3) is 6.76. The van der Waals surface area contributed by atoms with Crippen LogP contribution in [-0.4, -0.2) is 37.4 Å². The summed E-state index contributed by atoms with van der Waals surface area (Å²) in [6.07, 6.45) is 0.320. The Labute approximate surface area is 95.9 Å². The maximum absolute atomic E-state index is 11.2. The van der Waals surface area contributed by atoms with Crippen molar-refractivity contribution in [3.05, 3.63) is 0 Å². The van der Waals surface area contributed by atoms with Crippen LogP contribution in [0.25, 0.3) is 0 Å². The van der Waals surface area contributed by atoms with Gasteiger partial charge in [0, 0.05) is 0 Å². The van der Waals surface area contributed by atoms with Crippen molar-refractivity contribution < 1.29 is 22.5 Å². The zero-order valence-corrected chi connectivity index (χ0v) is 10.4. The molecule has 0 saturated carbocycles. The highest BCUT2D eigenvalue weighted by atomic mass is 32.2. The second-order valence-corrected chi connectivity index (χ2v) is 5.40. The molecular formula is C9H19NO5S. The number of rotatable bonds is 7.